The van der Waals surface area contributed by atoms with Crippen LogP contribution in [0.1, 0.15) is 37.3 Å². The average Bonchev–Trinajstić information content (AvgIpc) is 2.41. The molecule has 1 aliphatic rings. The number of benzene rings is 1. The van der Waals surface area contributed by atoms with E-state index >= 15 is 0 Å². The van der Waals surface area contributed by atoms with Crippen molar-refractivity contribution in [3.63, 3.8) is 0 Å². The smallest absolute Gasteiger partial charge is 0.124 e. The maximum Gasteiger partial charge on any atom is 0.124 e. The summed E-state index contributed by atoms with van der Waals surface area (Å²) in [5.74, 6) is 6.40. The number of nitrogens with two attached hydrogens (primary N) is 1. The molecule has 0 atom stereocenters. The Morgan fingerprint density at radius 3 is 2.80 bits per heavy atom. The fourth-order valence-electron chi connectivity index (χ4n) is 2.54. The molecule has 3 heteroatoms. The Morgan fingerprint density at radius 1 is 1.40 bits per heavy atom. The van der Waals surface area contributed by atoms with Gasteiger partial charge in [0.2, 0.25) is 0 Å². The van der Waals surface area contributed by atoms with Crippen LogP contribution in [0, 0.1) is 23.6 Å². The van der Waals surface area contributed by atoms with E-state index in [4.69, 9.17) is 5.73 Å². The zero-order valence-electron chi connectivity index (χ0n) is 12.2. The fraction of sp³-hybridized carbons (Fsp3) is 0.529. The molecule has 1 aromatic rings. The van der Waals surface area contributed by atoms with Crippen molar-refractivity contribution >= 4 is 0 Å². The van der Waals surface area contributed by atoms with Crippen LogP contribution in [0.2, 0.25) is 0 Å². The van der Waals surface area contributed by atoms with E-state index in [0.717, 1.165) is 36.7 Å². The molecule has 1 saturated carbocycles. The number of hydrogen-bond acceptors (Lipinski definition) is 2. The van der Waals surface area contributed by atoms with Gasteiger partial charge in [0.15, 0.2) is 0 Å². The lowest BCUT2D eigenvalue weighted by atomic mass is 9.85. The SMILES string of the molecule is CCN(Cc1ccc(F)cc1C#CCN)CC1CCC1. The van der Waals surface area contributed by atoms with Crippen molar-refractivity contribution in [3.05, 3.63) is 35.1 Å². The molecule has 0 heterocycles. The van der Waals surface area contributed by atoms with Crippen molar-refractivity contribution < 1.29 is 4.39 Å². The topological polar surface area (TPSA) is 29.3 Å². The van der Waals surface area contributed by atoms with E-state index < -0.39 is 0 Å². The summed E-state index contributed by atoms with van der Waals surface area (Å²) in [5.41, 5.74) is 7.26. The van der Waals surface area contributed by atoms with Gasteiger partial charge in [-0.25, -0.2) is 4.39 Å². The van der Waals surface area contributed by atoms with Crippen LogP contribution in [0.4, 0.5) is 4.39 Å². The van der Waals surface area contributed by atoms with E-state index in [1.807, 2.05) is 6.07 Å². The second-order valence-electron chi connectivity index (χ2n) is 5.43. The minimum atomic E-state index is -0.239. The molecule has 0 unspecified atom stereocenters. The number of hydrogen-bond donors (Lipinski definition) is 1. The third-order valence-electron chi connectivity index (χ3n) is 3.98. The van der Waals surface area contributed by atoms with Crippen LogP contribution >= 0.6 is 0 Å². The highest BCUT2D eigenvalue weighted by Crippen LogP contribution is 2.27. The molecule has 2 nitrogen and oxygen atoms in total. The van der Waals surface area contributed by atoms with Gasteiger partial charge in [0.1, 0.15) is 5.82 Å². The summed E-state index contributed by atoms with van der Waals surface area (Å²) in [6.45, 7) is 5.46. The minimum absolute atomic E-state index is 0.239. The summed E-state index contributed by atoms with van der Waals surface area (Å²) in [5, 5.41) is 0. The summed E-state index contributed by atoms with van der Waals surface area (Å²) in [6, 6.07) is 4.87. The van der Waals surface area contributed by atoms with E-state index in [1.165, 1.54) is 31.4 Å². The summed E-state index contributed by atoms with van der Waals surface area (Å²) in [6.07, 6.45) is 4.06. The molecule has 108 valence electrons. The highest BCUT2D eigenvalue weighted by Gasteiger charge is 2.20. The predicted octanol–water partition coefficient (Wildman–Crippen LogP) is 2.76. The third-order valence-corrected chi connectivity index (χ3v) is 3.98. The molecule has 0 bridgehead atoms. The van der Waals surface area contributed by atoms with Crippen LogP contribution in [0.25, 0.3) is 0 Å². The van der Waals surface area contributed by atoms with Gasteiger partial charge in [0.25, 0.3) is 0 Å². The Labute approximate surface area is 121 Å². The summed E-state index contributed by atoms with van der Waals surface area (Å²) < 4.78 is 13.4. The Morgan fingerprint density at radius 2 is 2.20 bits per heavy atom. The molecular formula is C17H23FN2. The van der Waals surface area contributed by atoms with E-state index in [-0.39, 0.29) is 5.82 Å². The molecule has 2 rings (SSSR count). The van der Waals surface area contributed by atoms with Crippen molar-refractivity contribution in [2.45, 2.75) is 32.7 Å². The van der Waals surface area contributed by atoms with Gasteiger partial charge < -0.3 is 5.73 Å². The molecule has 2 N–H and O–H groups in total. The third kappa shape index (κ3) is 4.06. The highest BCUT2D eigenvalue weighted by atomic mass is 19.1. The van der Waals surface area contributed by atoms with Crippen molar-refractivity contribution in [1.82, 2.24) is 4.90 Å². The van der Waals surface area contributed by atoms with Crippen molar-refractivity contribution in [1.29, 1.82) is 0 Å². The van der Waals surface area contributed by atoms with Gasteiger partial charge in [0, 0.05) is 18.7 Å². The first-order valence-corrected chi connectivity index (χ1v) is 7.42. The molecular weight excluding hydrogens is 251 g/mol. The van der Waals surface area contributed by atoms with Gasteiger partial charge in [-0.05, 0) is 43.0 Å². The van der Waals surface area contributed by atoms with Gasteiger partial charge in [-0.1, -0.05) is 31.3 Å². The van der Waals surface area contributed by atoms with Gasteiger partial charge in [-0.2, -0.15) is 0 Å². The Bertz CT molecular complexity index is 497. The minimum Gasteiger partial charge on any atom is -0.320 e. The lowest BCUT2D eigenvalue weighted by Gasteiger charge is -2.32. The average molecular weight is 274 g/mol. The zero-order chi connectivity index (χ0) is 14.4. The molecule has 0 aliphatic heterocycles. The lowest BCUT2D eigenvalue weighted by Crippen LogP contribution is -2.32. The molecule has 0 radical (unpaired) electrons. The molecule has 0 saturated heterocycles. The van der Waals surface area contributed by atoms with Gasteiger partial charge in [-0.15, -0.1) is 0 Å². The summed E-state index contributed by atoms with van der Waals surface area (Å²) >= 11 is 0. The second kappa shape index (κ2) is 7.42. The Kier molecular flexibility index (Phi) is 5.58. The zero-order valence-corrected chi connectivity index (χ0v) is 12.2. The van der Waals surface area contributed by atoms with Crippen LogP contribution in [-0.2, 0) is 6.54 Å². The summed E-state index contributed by atoms with van der Waals surface area (Å²) in [4.78, 5) is 2.42. The first-order valence-electron chi connectivity index (χ1n) is 7.42. The van der Waals surface area contributed by atoms with Crippen LogP contribution in [0.3, 0.4) is 0 Å². The maximum atomic E-state index is 13.4. The van der Waals surface area contributed by atoms with Gasteiger partial charge in [-0.3, -0.25) is 4.90 Å². The normalized spacial score (nSPS) is 14.8. The van der Waals surface area contributed by atoms with Crippen LogP contribution in [0.15, 0.2) is 18.2 Å². The van der Waals surface area contributed by atoms with Crippen LogP contribution in [0.5, 0.6) is 0 Å². The van der Waals surface area contributed by atoms with E-state index in [9.17, 15) is 4.39 Å². The standard InChI is InChI=1S/C17H23FN2/c1-2-20(12-14-5-3-6-14)13-16-8-9-17(18)11-15(16)7-4-10-19/h8-9,11,14H,2-3,5-6,10,12-13,19H2,1H3. The monoisotopic (exact) mass is 274 g/mol. The Balaban J connectivity index is 2.09. The van der Waals surface area contributed by atoms with Crippen molar-refractivity contribution in [3.8, 4) is 11.8 Å². The van der Waals surface area contributed by atoms with Crippen molar-refractivity contribution in [2.24, 2.45) is 11.7 Å². The molecule has 1 aromatic carbocycles. The van der Waals surface area contributed by atoms with Crippen LogP contribution < -0.4 is 5.73 Å². The lowest BCUT2D eigenvalue weighted by molar-refractivity contribution is 0.178. The molecule has 0 spiro atoms. The number of halogens is 1. The molecule has 0 aromatic heterocycles. The molecule has 1 aliphatic carbocycles. The second-order valence-corrected chi connectivity index (χ2v) is 5.43. The first kappa shape index (κ1) is 15.0. The predicted molar refractivity (Wildman–Crippen MR) is 80.6 cm³/mol. The van der Waals surface area contributed by atoms with Crippen molar-refractivity contribution in [2.75, 3.05) is 19.6 Å². The quantitative estimate of drug-likeness (QED) is 0.837. The van der Waals surface area contributed by atoms with Gasteiger partial charge >= 0.3 is 0 Å². The molecule has 20 heavy (non-hydrogen) atoms. The summed E-state index contributed by atoms with van der Waals surface area (Å²) in [7, 11) is 0. The van der Waals surface area contributed by atoms with E-state index in [0.29, 0.717) is 6.54 Å². The first-order chi connectivity index (χ1) is 9.72. The fourth-order valence-corrected chi connectivity index (χ4v) is 2.54. The van der Waals surface area contributed by atoms with E-state index in [2.05, 4.69) is 23.7 Å². The Hall–Kier alpha value is -1.37. The number of rotatable bonds is 5. The maximum absolute atomic E-state index is 13.4. The van der Waals surface area contributed by atoms with Crippen LogP contribution in [-0.4, -0.2) is 24.5 Å². The molecule has 1 fully saturated rings. The van der Waals surface area contributed by atoms with Gasteiger partial charge in [0.05, 0.1) is 6.54 Å². The largest absolute Gasteiger partial charge is 0.320 e. The number of nitrogens with zero attached hydrogens (tertiary/aromatic N) is 1. The molecule has 0 amide bonds. The highest BCUT2D eigenvalue weighted by molar-refractivity contribution is 5.41. The van der Waals surface area contributed by atoms with E-state index in [1.54, 1.807) is 0 Å².